The highest BCUT2D eigenvalue weighted by molar-refractivity contribution is 5.38. The van der Waals surface area contributed by atoms with E-state index in [0.717, 1.165) is 42.9 Å². The number of hydrogen-bond donors (Lipinski definition) is 0. The zero-order valence-corrected chi connectivity index (χ0v) is 16.0. The molecule has 0 unspecified atom stereocenters. The van der Waals surface area contributed by atoms with Crippen molar-refractivity contribution in [3.63, 3.8) is 0 Å². The zero-order valence-electron chi connectivity index (χ0n) is 16.0. The van der Waals surface area contributed by atoms with Crippen LogP contribution in [0.4, 0.5) is 5.82 Å². The van der Waals surface area contributed by atoms with Crippen LogP contribution in [0.2, 0.25) is 0 Å². The normalized spacial score (nSPS) is 12.6. The van der Waals surface area contributed by atoms with Crippen LogP contribution in [0.1, 0.15) is 23.4 Å². The Labute approximate surface area is 164 Å². The SMILES string of the molecule is COc1ccc(CCN(Cc2ccccc2)c2nnc3n(c2=O)CCC3)cc1. The molecule has 0 aliphatic carbocycles. The molecule has 28 heavy (non-hydrogen) atoms. The fraction of sp³-hybridized carbons (Fsp3) is 0.318. The van der Waals surface area contributed by atoms with E-state index < -0.39 is 0 Å². The van der Waals surface area contributed by atoms with E-state index in [0.29, 0.717) is 18.9 Å². The van der Waals surface area contributed by atoms with E-state index in [1.54, 1.807) is 11.7 Å². The molecule has 0 fully saturated rings. The maximum absolute atomic E-state index is 13.0. The maximum atomic E-state index is 13.0. The summed E-state index contributed by atoms with van der Waals surface area (Å²) >= 11 is 0. The fourth-order valence-corrected chi connectivity index (χ4v) is 3.57. The van der Waals surface area contributed by atoms with Gasteiger partial charge in [0.1, 0.15) is 11.6 Å². The minimum absolute atomic E-state index is 0.0341. The van der Waals surface area contributed by atoms with E-state index in [4.69, 9.17) is 4.74 Å². The van der Waals surface area contributed by atoms with Crippen molar-refractivity contribution in [2.24, 2.45) is 0 Å². The summed E-state index contributed by atoms with van der Waals surface area (Å²) in [6, 6.07) is 18.2. The van der Waals surface area contributed by atoms with Gasteiger partial charge in [0.25, 0.3) is 5.56 Å². The van der Waals surface area contributed by atoms with Crippen molar-refractivity contribution in [1.29, 1.82) is 0 Å². The minimum atomic E-state index is -0.0341. The van der Waals surface area contributed by atoms with Gasteiger partial charge in [0.05, 0.1) is 7.11 Å². The molecule has 2 heterocycles. The summed E-state index contributed by atoms with van der Waals surface area (Å²) in [5, 5.41) is 8.62. The Morgan fingerprint density at radius 1 is 1.04 bits per heavy atom. The smallest absolute Gasteiger partial charge is 0.296 e. The Balaban J connectivity index is 1.59. The molecule has 6 nitrogen and oxygen atoms in total. The lowest BCUT2D eigenvalue weighted by molar-refractivity contribution is 0.414. The number of fused-ring (bicyclic) bond motifs is 1. The van der Waals surface area contributed by atoms with Crippen LogP contribution in [0.5, 0.6) is 5.75 Å². The third-order valence-corrected chi connectivity index (χ3v) is 5.14. The van der Waals surface area contributed by atoms with E-state index in [1.807, 2.05) is 35.2 Å². The Morgan fingerprint density at radius 2 is 1.82 bits per heavy atom. The molecule has 144 valence electrons. The standard InChI is InChI=1S/C22H24N4O2/c1-28-19-11-9-17(10-12-19)13-15-25(16-18-6-3-2-4-7-18)21-22(27)26-14-5-8-20(26)23-24-21/h2-4,6-7,9-12H,5,8,13-16H2,1H3. The van der Waals surface area contributed by atoms with Crippen LogP contribution in [0.15, 0.2) is 59.4 Å². The number of rotatable bonds is 7. The summed E-state index contributed by atoms with van der Waals surface area (Å²) in [5.41, 5.74) is 2.30. The number of benzene rings is 2. The van der Waals surface area contributed by atoms with Gasteiger partial charge >= 0.3 is 0 Å². The van der Waals surface area contributed by atoms with Gasteiger partial charge in [-0.1, -0.05) is 42.5 Å². The van der Waals surface area contributed by atoms with E-state index in [2.05, 4.69) is 34.5 Å². The first-order valence-electron chi connectivity index (χ1n) is 9.63. The van der Waals surface area contributed by atoms with Crippen molar-refractivity contribution in [2.45, 2.75) is 32.4 Å². The van der Waals surface area contributed by atoms with Crippen molar-refractivity contribution in [2.75, 3.05) is 18.6 Å². The third-order valence-electron chi connectivity index (χ3n) is 5.14. The summed E-state index contributed by atoms with van der Waals surface area (Å²) in [7, 11) is 1.66. The average Bonchev–Trinajstić information content (AvgIpc) is 3.23. The highest BCUT2D eigenvalue weighted by Gasteiger charge is 2.21. The monoisotopic (exact) mass is 376 g/mol. The van der Waals surface area contributed by atoms with Crippen LogP contribution < -0.4 is 15.2 Å². The summed E-state index contributed by atoms with van der Waals surface area (Å²) in [5.74, 6) is 2.07. The summed E-state index contributed by atoms with van der Waals surface area (Å²) in [4.78, 5) is 15.0. The van der Waals surface area contributed by atoms with Crippen LogP contribution in [0.3, 0.4) is 0 Å². The lowest BCUT2D eigenvalue weighted by Gasteiger charge is -2.23. The molecule has 0 saturated heterocycles. The quantitative estimate of drug-likeness (QED) is 0.635. The van der Waals surface area contributed by atoms with Gasteiger partial charge in [-0.3, -0.25) is 9.36 Å². The second-order valence-corrected chi connectivity index (χ2v) is 7.01. The van der Waals surface area contributed by atoms with Crippen LogP contribution in [-0.2, 0) is 25.9 Å². The Hall–Kier alpha value is -3.15. The van der Waals surface area contributed by atoms with Gasteiger partial charge in [-0.15, -0.1) is 10.2 Å². The molecule has 1 aromatic heterocycles. The molecule has 1 aliphatic rings. The van der Waals surface area contributed by atoms with Crippen molar-refractivity contribution >= 4 is 5.82 Å². The average molecular weight is 376 g/mol. The number of methoxy groups -OCH3 is 1. The predicted octanol–water partition coefficient (Wildman–Crippen LogP) is 2.84. The van der Waals surface area contributed by atoms with Crippen LogP contribution in [-0.4, -0.2) is 28.4 Å². The predicted molar refractivity (Wildman–Crippen MR) is 109 cm³/mol. The second-order valence-electron chi connectivity index (χ2n) is 7.01. The number of hydrogen-bond acceptors (Lipinski definition) is 5. The largest absolute Gasteiger partial charge is 0.497 e. The Morgan fingerprint density at radius 3 is 2.57 bits per heavy atom. The molecule has 0 bridgehead atoms. The molecular weight excluding hydrogens is 352 g/mol. The lowest BCUT2D eigenvalue weighted by atomic mass is 10.1. The van der Waals surface area contributed by atoms with E-state index in [9.17, 15) is 4.79 Å². The van der Waals surface area contributed by atoms with Gasteiger partial charge < -0.3 is 9.64 Å². The molecule has 0 radical (unpaired) electrons. The van der Waals surface area contributed by atoms with E-state index >= 15 is 0 Å². The van der Waals surface area contributed by atoms with Crippen molar-refractivity contribution in [3.8, 4) is 5.75 Å². The Kier molecular flexibility index (Phi) is 5.37. The molecular formula is C22H24N4O2. The fourth-order valence-electron chi connectivity index (χ4n) is 3.57. The molecule has 4 rings (SSSR count). The number of aromatic nitrogens is 3. The highest BCUT2D eigenvalue weighted by atomic mass is 16.5. The lowest BCUT2D eigenvalue weighted by Crippen LogP contribution is -2.35. The van der Waals surface area contributed by atoms with Gasteiger partial charge in [0.2, 0.25) is 5.82 Å². The van der Waals surface area contributed by atoms with Gasteiger partial charge in [-0.2, -0.15) is 0 Å². The van der Waals surface area contributed by atoms with Crippen LogP contribution in [0.25, 0.3) is 0 Å². The molecule has 1 aliphatic heterocycles. The first kappa shape index (κ1) is 18.2. The molecule has 0 saturated carbocycles. The third kappa shape index (κ3) is 3.91. The number of aryl methyl sites for hydroxylation is 1. The summed E-state index contributed by atoms with van der Waals surface area (Å²) in [6.45, 7) is 2.04. The summed E-state index contributed by atoms with van der Waals surface area (Å²) in [6.07, 6.45) is 2.59. The van der Waals surface area contributed by atoms with Gasteiger partial charge in [-0.25, -0.2) is 0 Å². The van der Waals surface area contributed by atoms with E-state index in [1.165, 1.54) is 5.56 Å². The van der Waals surface area contributed by atoms with Gasteiger partial charge in [-0.05, 0) is 36.1 Å². The number of anilines is 1. The molecule has 0 atom stereocenters. The first-order valence-corrected chi connectivity index (χ1v) is 9.63. The van der Waals surface area contributed by atoms with E-state index in [-0.39, 0.29) is 5.56 Å². The zero-order chi connectivity index (χ0) is 19.3. The summed E-state index contributed by atoms with van der Waals surface area (Å²) < 4.78 is 7.00. The molecule has 2 aromatic carbocycles. The Bertz CT molecular complexity index is 984. The van der Waals surface area contributed by atoms with Crippen LogP contribution >= 0.6 is 0 Å². The number of ether oxygens (including phenoxy) is 1. The topological polar surface area (TPSA) is 60.2 Å². The first-order chi connectivity index (χ1) is 13.7. The molecule has 6 heteroatoms. The second kappa shape index (κ2) is 8.25. The van der Waals surface area contributed by atoms with Crippen molar-refractivity contribution in [1.82, 2.24) is 14.8 Å². The number of nitrogens with zero attached hydrogens (tertiary/aromatic N) is 4. The van der Waals surface area contributed by atoms with Crippen LogP contribution in [0, 0.1) is 0 Å². The molecule has 0 spiro atoms. The van der Waals surface area contributed by atoms with Crippen molar-refractivity contribution < 1.29 is 4.74 Å². The molecule has 0 amide bonds. The van der Waals surface area contributed by atoms with Gasteiger partial charge in [0.15, 0.2) is 0 Å². The molecule has 0 N–H and O–H groups in total. The minimum Gasteiger partial charge on any atom is -0.497 e. The highest BCUT2D eigenvalue weighted by Crippen LogP contribution is 2.16. The molecule has 3 aromatic rings. The van der Waals surface area contributed by atoms with Gasteiger partial charge in [0, 0.05) is 26.1 Å². The maximum Gasteiger partial charge on any atom is 0.296 e. The van der Waals surface area contributed by atoms with Crippen molar-refractivity contribution in [3.05, 3.63) is 81.9 Å².